The molecule has 124 valence electrons. The molecular formula is C19H20N2O3. The molecule has 0 saturated heterocycles. The third-order valence-electron chi connectivity index (χ3n) is 4.25. The van der Waals surface area contributed by atoms with Crippen LogP contribution in [0.15, 0.2) is 42.5 Å². The highest BCUT2D eigenvalue weighted by Crippen LogP contribution is 2.28. The average molecular weight is 324 g/mol. The van der Waals surface area contributed by atoms with Crippen LogP contribution in [0.3, 0.4) is 0 Å². The fourth-order valence-corrected chi connectivity index (χ4v) is 2.87. The second-order valence-electron chi connectivity index (χ2n) is 5.83. The molecule has 3 rings (SSSR count). The molecule has 0 spiro atoms. The molecular weight excluding hydrogens is 304 g/mol. The van der Waals surface area contributed by atoms with Gasteiger partial charge in [0.05, 0.1) is 13.5 Å². The van der Waals surface area contributed by atoms with Gasteiger partial charge in [-0.1, -0.05) is 18.2 Å². The highest BCUT2D eigenvalue weighted by Gasteiger charge is 2.23. The zero-order valence-electron chi connectivity index (χ0n) is 13.8. The summed E-state index contributed by atoms with van der Waals surface area (Å²) < 4.78 is 5.13. The van der Waals surface area contributed by atoms with Gasteiger partial charge >= 0.3 is 0 Å². The zero-order valence-corrected chi connectivity index (χ0v) is 13.8. The maximum Gasteiger partial charge on any atom is 0.251 e. The van der Waals surface area contributed by atoms with Crippen LogP contribution in [-0.2, 0) is 17.6 Å². The van der Waals surface area contributed by atoms with Crippen molar-refractivity contribution in [2.24, 2.45) is 0 Å². The molecule has 0 atom stereocenters. The molecule has 1 aliphatic rings. The van der Waals surface area contributed by atoms with Crippen LogP contribution in [-0.4, -0.2) is 32.5 Å². The van der Waals surface area contributed by atoms with Gasteiger partial charge in [0.25, 0.3) is 5.91 Å². The number of benzene rings is 2. The van der Waals surface area contributed by atoms with Crippen molar-refractivity contribution in [1.29, 1.82) is 0 Å². The SMILES string of the molecule is COc1cccc(C(=O)NCCc2ccc3c(c2)CC(=O)N3C)c1. The van der Waals surface area contributed by atoms with Crippen molar-refractivity contribution < 1.29 is 14.3 Å². The van der Waals surface area contributed by atoms with Gasteiger partial charge in [0.15, 0.2) is 0 Å². The number of anilines is 1. The summed E-state index contributed by atoms with van der Waals surface area (Å²) in [6, 6.07) is 13.1. The molecule has 0 aliphatic carbocycles. The van der Waals surface area contributed by atoms with Gasteiger partial charge in [-0.15, -0.1) is 0 Å². The summed E-state index contributed by atoms with van der Waals surface area (Å²) in [5.74, 6) is 0.661. The lowest BCUT2D eigenvalue weighted by Gasteiger charge is -2.11. The monoisotopic (exact) mass is 324 g/mol. The summed E-state index contributed by atoms with van der Waals surface area (Å²) in [5.41, 5.74) is 3.72. The molecule has 5 nitrogen and oxygen atoms in total. The van der Waals surface area contributed by atoms with Crippen molar-refractivity contribution in [2.75, 3.05) is 25.6 Å². The van der Waals surface area contributed by atoms with E-state index in [9.17, 15) is 9.59 Å². The van der Waals surface area contributed by atoms with Crippen LogP contribution < -0.4 is 15.0 Å². The molecule has 0 radical (unpaired) electrons. The average Bonchev–Trinajstić information content (AvgIpc) is 2.88. The number of carbonyl (C=O) groups is 2. The second kappa shape index (κ2) is 6.74. The number of methoxy groups -OCH3 is 1. The molecule has 0 saturated carbocycles. The summed E-state index contributed by atoms with van der Waals surface area (Å²) in [5, 5.41) is 2.91. The molecule has 2 aromatic carbocycles. The number of nitrogens with zero attached hydrogens (tertiary/aromatic N) is 1. The van der Waals surface area contributed by atoms with Gasteiger partial charge in [0.2, 0.25) is 5.91 Å². The lowest BCUT2D eigenvalue weighted by Crippen LogP contribution is -2.25. The fourth-order valence-electron chi connectivity index (χ4n) is 2.87. The van der Waals surface area contributed by atoms with Gasteiger partial charge in [-0.3, -0.25) is 9.59 Å². The molecule has 0 fully saturated rings. The number of amides is 2. The molecule has 1 N–H and O–H groups in total. The number of fused-ring (bicyclic) bond motifs is 1. The van der Waals surface area contributed by atoms with E-state index in [1.807, 2.05) is 12.1 Å². The highest BCUT2D eigenvalue weighted by atomic mass is 16.5. The first-order valence-electron chi connectivity index (χ1n) is 7.89. The Balaban J connectivity index is 1.58. The van der Waals surface area contributed by atoms with E-state index in [0.717, 1.165) is 23.2 Å². The van der Waals surface area contributed by atoms with Crippen molar-refractivity contribution >= 4 is 17.5 Å². The van der Waals surface area contributed by atoms with E-state index >= 15 is 0 Å². The first-order valence-corrected chi connectivity index (χ1v) is 7.89. The number of carbonyl (C=O) groups excluding carboxylic acids is 2. The van der Waals surface area contributed by atoms with E-state index < -0.39 is 0 Å². The molecule has 0 aromatic heterocycles. The minimum Gasteiger partial charge on any atom is -0.497 e. The fraction of sp³-hybridized carbons (Fsp3) is 0.263. The molecule has 2 amide bonds. The highest BCUT2D eigenvalue weighted by molar-refractivity contribution is 6.01. The second-order valence-corrected chi connectivity index (χ2v) is 5.83. The Bertz CT molecular complexity index is 786. The summed E-state index contributed by atoms with van der Waals surface area (Å²) in [4.78, 5) is 25.6. The van der Waals surface area contributed by atoms with E-state index in [-0.39, 0.29) is 11.8 Å². The number of rotatable bonds is 5. The molecule has 2 aromatic rings. The Morgan fingerprint density at radius 2 is 2.08 bits per heavy atom. The molecule has 24 heavy (non-hydrogen) atoms. The van der Waals surface area contributed by atoms with Gasteiger partial charge < -0.3 is 15.0 Å². The number of likely N-dealkylation sites (N-methyl/N-ethyl adjacent to an activating group) is 1. The van der Waals surface area contributed by atoms with Gasteiger partial charge in [0.1, 0.15) is 5.75 Å². The predicted octanol–water partition coefficient (Wildman–Crippen LogP) is 2.19. The summed E-state index contributed by atoms with van der Waals surface area (Å²) in [6.45, 7) is 0.540. The lowest BCUT2D eigenvalue weighted by molar-refractivity contribution is -0.117. The number of hydrogen-bond donors (Lipinski definition) is 1. The summed E-state index contributed by atoms with van der Waals surface area (Å²) >= 11 is 0. The standard InChI is InChI=1S/C19H20N2O3/c1-21-17-7-6-13(10-15(17)12-18(21)22)8-9-20-19(23)14-4-3-5-16(11-14)24-2/h3-7,10-11H,8-9,12H2,1-2H3,(H,20,23). The minimum absolute atomic E-state index is 0.119. The number of nitrogens with one attached hydrogen (secondary N) is 1. The third kappa shape index (κ3) is 3.25. The van der Waals surface area contributed by atoms with Crippen LogP contribution in [0.25, 0.3) is 0 Å². The van der Waals surface area contributed by atoms with Crippen molar-refractivity contribution in [3.05, 3.63) is 59.2 Å². The van der Waals surface area contributed by atoms with Crippen LogP contribution in [0.5, 0.6) is 5.75 Å². The normalized spacial score (nSPS) is 12.9. The molecule has 0 unspecified atom stereocenters. The smallest absolute Gasteiger partial charge is 0.251 e. The zero-order chi connectivity index (χ0) is 17.1. The van der Waals surface area contributed by atoms with Gasteiger partial charge in [-0.05, 0) is 41.8 Å². The third-order valence-corrected chi connectivity index (χ3v) is 4.25. The lowest BCUT2D eigenvalue weighted by atomic mass is 10.1. The van der Waals surface area contributed by atoms with Gasteiger partial charge in [-0.25, -0.2) is 0 Å². The van der Waals surface area contributed by atoms with E-state index in [1.54, 1.807) is 43.3 Å². The quantitative estimate of drug-likeness (QED) is 0.917. The summed E-state index contributed by atoms with van der Waals surface area (Å²) in [7, 11) is 3.37. The van der Waals surface area contributed by atoms with Gasteiger partial charge in [0, 0.05) is 24.8 Å². The predicted molar refractivity (Wildman–Crippen MR) is 92.6 cm³/mol. The van der Waals surface area contributed by atoms with Crippen molar-refractivity contribution in [3.63, 3.8) is 0 Å². The number of hydrogen-bond acceptors (Lipinski definition) is 3. The topological polar surface area (TPSA) is 58.6 Å². The van der Waals surface area contributed by atoms with Crippen LogP contribution in [0.1, 0.15) is 21.5 Å². The molecule has 5 heteroatoms. The van der Waals surface area contributed by atoms with E-state index in [4.69, 9.17) is 4.74 Å². The molecule has 1 heterocycles. The summed E-state index contributed by atoms with van der Waals surface area (Å²) in [6.07, 6.45) is 1.18. The Hall–Kier alpha value is -2.82. The van der Waals surface area contributed by atoms with Crippen LogP contribution >= 0.6 is 0 Å². The van der Waals surface area contributed by atoms with Gasteiger partial charge in [-0.2, -0.15) is 0 Å². The molecule has 1 aliphatic heterocycles. The Morgan fingerprint density at radius 3 is 2.88 bits per heavy atom. The first kappa shape index (κ1) is 16.1. The maximum atomic E-state index is 12.2. The van der Waals surface area contributed by atoms with Crippen molar-refractivity contribution in [2.45, 2.75) is 12.8 Å². The van der Waals surface area contributed by atoms with Crippen LogP contribution in [0.2, 0.25) is 0 Å². The van der Waals surface area contributed by atoms with Crippen molar-refractivity contribution in [1.82, 2.24) is 5.32 Å². The Kier molecular flexibility index (Phi) is 4.51. The van der Waals surface area contributed by atoms with E-state index in [2.05, 4.69) is 11.4 Å². The Labute approximate surface area is 141 Å². The minimum atomic E-state index is -0.120. The first-order chi connectivity index (χ1) is 11.6. The molecule has 0 bridgehead atoms. The maximum absolute atomic E-state index is 12.2. The van der Waals surface area contributed by atoms with Crippen LogP contribution in [0, 0.1) is 0 Å². The van der Waals surface area contributed by atoms with E-state index in [1.165, 1.54) is 0 Å². The largest absolute Gasteiger partial charge is 0.497 e. The van der Waals surface area contributed by atoms with Crippen LogP contribution in [0.4, 0.5) is 5.69 Å². The Morgan fingerprint density at radius 1 is 1.25 bits per heavy atom. The van der Waals surface area contributed by atoms with Crippen molar-refractivity contribution in [3.8, 4) is 5.75 Å². The number of ether oxygens (including phenoxy) is 1. The van der Waals surface area contributed by atoms with E-state index in [0.29, 0.717) is 24.3 Å².